The van der Waals surface area contributed by atoms with E-state index in [1.54, 1.807) is 13.8 Å². The van der Waals surface area contributed by atoms with Gasteiger partial charge < -0.3 is 10.0 Å². The summed E-state index contributed by atoms with van der Waals surface area (Å²) in [5.74, 6) is 0. The molecule has 18 heavy (non-hydrogen) atoms. The third-order valence-corrected chi connectivity index (χ3v) is 3.72. The Morgan fingerprint density at radius 2 is 2.06 bits per heavy atom. The number of halogens is 3. The van der Waals surface area contributed by atoms with E-state index in [2.05, 4.69) is 4.98 Å². The molecule has 0 spiro atoms. The van der Waals surface area contributed by atoms with Crippen LogP contribution in [-0.4, -0.2) is 29.4 Å². The van der Waals surface area contributed by atoms with Crippen LogP contribution in [0.1, 0.15) is 36.9 Å². The lowest BCUT2D eigenvalue weighted by molar-refractivity contribution is -0.119. The number of hydrogen-bond donors (Lipinski definition) is 1. The molecule has 1 rings (SSSR count). The molecule has 0 saturated carbocycles. The van der Waals surface area contributed by atoms with E-state index in [1.807, 2.05) is 6.92 Å². The van der Waals surface area contributed by atoms with E-state index in [4.69, 9.17) is 0 Å². The second-order valence-electron chi connectivity index (χ2n) is 4.16. The minimum absolute atomic E-state index is 0.297. The highest BCUT2D eigenvalue weighted by molar-refractivity contribution is 7.15. The van der Waals surface area contributed by atoms with Gasteiger partial charge >= 0.3 is 6.18 Å². The van der Waals surface area contributed by atoms with Gasteiger partial charge in [-0.25, -0.2) is 4.98 Å². The van der Waals surface area contributed by atoms with Gasteiger partial charge in [-0.15, -0.1) is 0 Å². The molecule has 0 saturated heterocycles. The molecule has 0 bridgehead atoms. The molecule has 1 N–H and O–H groups in total. The highest BCUT2D eigenvalue weighted by Gasteiger charge is 2.32. The van der Waals surface area contributed by atoms with Gasteiger partial charge in [-0.3, -0.25) is 0 Å². The highest BCUT2D eigenvalue weighted by atomic mass is 32.1. The van der Waals surface area contributed by atoms with Crippen LogP contribution < -0.4 is 4.90 Å². The van der Waals surface area contributed by atoms with Crippen LogP contribution in [-0.2, 0) is 0 Å². The van der Waals surface area contributed by atoms with Crippen molar-refractivity contribution < 1.29 is 18.3 Å². The van der Waals surface area contributed by atoms with Gasteiger partial charge in [0.25, 0.3) is 0 Å². The molecule has 0 aliphatic rings. The van der Waals surface area contributed by atoms with Gasteiger partial charge in [0.15, 0.2) is 5.13 Å². The Balaban J connectivity index is 2.95. The van der Waals surface area contributed by atoms with E-state index < -0.39 is 18.8 Å². The predicted molar refractivity (Wildman–Crippen MR) is 66.0 cm³/mol. The Kier molecular flexibility index (Phi) is 4.98. The van der Waals surface area contributed by atoms with Crippen LogP contribution >= 0.6 is 11.3 Å². The molecule has 1 heterocycles. The quantitative estimate of drug-likeness (QED) is 0.900. The summed E-state index contributed by atoms with van der Waals surface area (Å²) in [5.41, 5.74) is 0.591. The minimum Gasteiger partial charge on any atom is -0.388 e. The van der Waals surface area contributed by atoms with E-state index in [-0.39, 0.29) is 0 Å². The van der Waals surface area contributed by atoms with Crippen molar-refractivity contribution in [1.82, 2.24) is 4.98 Å². The third kappa shape index (κ3) is 4.13. The zero-order valence-corrected chi connectivity index (χ0v) is 11.4. The van der Waals surface area contributed by atoms with E-state index in [0.29, 0.717) is 28.7 Å². The van der Waals surface area contributed by atoms with Gasteiger partial charge in [-0.2, -0.15) is 13.2 Å². The fraction of sp³-hybridized carbons (Fsp3) is 0.727. The zero-order valence-electron chi connectivity index (χ0n) is 10.6. The Labute approximate surface area is 108 Å². The van der Waals surface area contributed by atoms with Crippen LogP contribution in [0.2, 0.25) is 0 Å². The molecule has 1 aromatic heterocycles. The maximum atomic E-state index is 12.5. The molecule has 1 atom stereocenters. The zero-order chi connectivity index (χ0) is 13.9. The number of aliphatic hydroxyl groups is 1. The van der Waals surface area contributed by atoms with Crippen molar-refractivity contribution in [3.63, 3.8) is 0 Å². The smallest absolute Gasteiger partial charge is 0.388 e. The molecule has 1 unspecified atom stereocenters. The van der Waals surface area contributed by atoms with E-state index in [1.165, 1.54) is 4.90 Å². The topological polar surface area (TPSA) is 36.4 Å². The Morgan fingerprint density at radius 3 is 2.44 bits per heavy atom. The second-order valence-corrected chi connectivity index (χ2v) is 5.17. The predicted octanol–water partition coefficient (Wildman–Crippen LogP) is 3.28. The maximum Gasteiger partial charge on any atom is 0.406 e. The minimum atomic E-state index is -4.25. The first-order chi connectivity index (χ1) is 8.24. The molecule has 0 aliphatic heterocycles. The van der Waals surface area contributed by atoms with Crippen LogP contribution in [0, 0.1) is 6.92 Å². The average Bonchev–Trinajstić information content (AvgIpc) is 2.57. The van der Waals surface area contributed by atoms with Gasteiger partial charge in [-0.05, 0) is 20.3 Å². The van der Waals surface area contributed by atoms with Crippen molar-refractivity contribution in [2.24, 2.45) is 0 Å². The fourth-order valence-corrected chi connectivity index (χ4v) is 2.67. The van der Waals surface area contributed by atoms with Gasteiger partial charge in [0, 0.05) is 6.54 Å². The summed E-state index contributed by atoms with van der Waals surface area (Å²) < 4.78 is 37.4. The van der Waals surface area contributed by atoms with Crippen LogP contribution in [0.25, 0.3) is 0 Å². The molecule has 0 amide bonds. The van der Waals surface area contributed by atoms with Crippen LogP contribution in [0.3, 0.4) is 0 Å². The van der Waals surface area contributed by atoms with E-state index >= 15 is 0 Å². The molecule has 0 aliphatic carbocycles. The first-order valence-corrected chi connectivity index (χ1v) is 6.53. The lowest BCUT2D eigenvalue weighted by Gasteiger charge is -2.22. The number of aryl methyl sites for hydroxylation is 1. The number of hydrogen-bond acceptors (Lipinski definition) is 4. The standard InChI is InChI=1S/C11H17F3N2OS/c1-4-5-16(6-11(12,13)14)10-15-7(2)9(18-10)8(3)17/h8,17H,4-6H2,1-3H3. The molecule has 3 nitrogen and oxygen atoms in total. The largest absolute Gasteiger partial charge is 0.406 e. The Hall–Kier alpha value is -0.820. The van der Waals surface area contributed by atoms with Gasteiger partial charge in [0.05, 0.1) is 16.7 Å². The summed E-state index contributed by atoms with van der Waals surface area (Å²) in [7, 11) is 0. The molecule has 0 fully saturated rings. The van der Waals surface area contributed by atoms with Crippen molar-refractivity contribution in [2.75, 3.05) is 18.0 Å². The summed E-state index contributed by atoms with van der Waals surface area (Å²) in [6.07, 6.45) is -4.34. The van der Waals surface area contributed by atoms with Crippen molar-refractivity contribution in [3.8, 4) is 0 Å². The maximum absolute atomic E-state index is 12.5. The Morgan fingerprint density at radius 1 is 1.44 bits per heavy atom. The second kappa shape index (κ2) is 5.88. The van der Waals surface area contributed by atoms with Crippen molar-refractivity contribution in [2.45, 2.75) is 39.5 Å². The molecular formula is C11H17F3N2OS. The fourth-order valence-electron chi connectivity index (χ4n) is 1.65. The summed E-state index contributed by atoms with van der Waals surface area (Å²) in [5, 5.41) is 9.81. The normalized spacial score (nSPS) is 13.7. The number of nitrogens with zero attached hydrogens (tertiary/aromatic N) is 2. The summed E-state index contributed by atoms with van der Waals surface area (Å²) >= 11 is 1.12. The van der Waals surface area contributed by atoms with Crippen LogP contribution in [0.15, 0.2) is 0 Å². The van der Waals surface area contributed by atoms with Crippen LogP contribution in [0.5, 0.6) is 0 Å². The molecule has 0 radical (unpaired) electrons. The number of aromatic nitrogens is 1. The van der Waals surface area contributed by atoms with Gasteiger partial charge in [-0.1, -0.05) is 18.3 Å². The van der Waals surface area contributed by atoms with Gasteiger partial charge in [0.2, 0.25) is 0 Å². The van der Waals surface area contributed by atoms with E-state index in [0.717, 1.165) is 11.3 Å². The lowest BCUT2D eigenvalue weighted by Crippen LogP contribution is -2.34. The van der Waals surface area contributed by atoms with Crippen molar-refractivity contribution >= 4 is 16.5 Å². The number of rotatable bonds is 5. The molecule has 1 aromatic rings. The Bertz CT molecular complexity index is 390. The lowest BCUT2D eigenvalue weighted by atomic mass is 10.3. The molecule has 0 aromatic carbocycles. The number of alkyl halides is 3. The van der Waals surface area contributed by atoms with Gasteiger partial charge in [0.1, 0.15) is 6.54 Å². The highest BCUT2D eigenvalue weighted by Crippen LogP contribution is 2.32. The number of aliphatic hydroxyl groups excluding tert-OH is 1. The SMILES string of the molecule is CCCN(CC(F)(F)F)c1nc(C)c(C(C)O)s1. The molecular weight excluding hydrogens is 265 g/mol. The monoisotopic (exact) mass is 282 g/mol. The van der Waals surface area contributed by atoms with E-state index in [9.17, 15) is 18.3 Å². The number of thiazole rings is 1. The summed E-state index contributed by atoms with van der Waals surface area (Å²) in [6, 6.07) is 0. The first kappa shape index (κ1) is 15.2. The summed E-state index contributed by atoms with van der Waals surface area (Å²) in [6.45, 7) is 4.39. The third-order valence-electron chi connectivity index (χ3n) is 2.33. The number of anilines is 1. The van der Waals surface area contributed by atoms with Crippen molar-refractivity contribution in [3.05, 3.63) is 10.6 Å². The first-order valence-electron chi connectivity index (χ1n) is 5.71. The van der Waals surface area contributed by atoms with Crippen LogP contribution in [0.4, 0.5) is 18.3 Å². The average molecular weight is 282 g/mol. The molecule has 104 valence electrons. The molecule has 7 heteroatoms. The van der Waals surface area contributed by atoms with Crippen molar-refractivity contribution in [1.29, 1.82) is 0 Å². The summed E-state index contributed by atoms with van der Waals surface area (Å²) in [4.78, 5) is 5.95.